The Morgan fingerprint density at radius 2 is 1.67 bits per heavy atom. The summed E-state index contributed by atoms with van der Waals surface area (Å²) in [5.41, 5.74) is 3.28. The van der Waals surface area contributed by atoms with Gasteiger partial charge in [-0.3, -0.25) is 0 Å². The lowest BCUT2D eigenvalue weighted by molar-refractivity contribution is -0.0558. The quantitative estimate of drug-likeness (QED) is 0.621. The van der Waals surface area contributed by atoms with Crippen molar-refractivity contribution in [2.75, 3.05) is 0 Å². The molecule has 0 heterocycles. The normalized spacial score (nSPS) is 12.6. The van der Waals surface area contributed by atoms with E-state index in [1.807, 2.05) is 43.3 Å². The molecule has 0 unspecified atom stereocenters. The lowest BCUT2D eigenvalue weighted by Gasteiger charge is -2.12. The summed E-state index contributed by atoms with van der Waals surface area (Å²) in [6, 6.07) is 12.7. The zero-order chi connectivity index (χ0) is 15.6. The van der Waals surface area contributed by atoms with Crippen LogP contribution < -0.4 is 0 Å². The average molecular weight is 312 g/mol. The summed E-state index contributed by atoms with van der Waals surface area (Å²) in [5.74, 6) is 0. The number of hydrogen-bond donors (Lipinski definition) is 0. The van der Waals surface area contributed by atoms with Gasteiger partial charge in [-0.05, 0) is 31.0 Å². The van der Waals surface area contributed by atoms with Crippen LogP contribution in [0.5, 0.6) is 0 Å². The topological polar surface area (TPSA) is 12.4 Å². The van der Waals surface area contributed by atoms with E-state index in [0.29, 0.717) is 11.1 Å². The van der Waals surface area contributed by atoms with Gasteiger partial charge in [0, 0.05) is 5.56 Å². The van der Waals surface area contributed by atoms with Crippen LogP contribution in [0, 0.1) is 13.8 Å². The predicted octanol–water partition coefficient (Wildman–Crippen LogP) is 5.80. The smallest absolute Gasteiger partial charge is 0.231 e. The first-order valence-corrected chi connectivity index (χ1v) is 6.65. The van der Waals surface area contributed by atoms with Gasteiger partial charge in [0.15, 0.2) is 0 Å². The molecule has 21 heavy (non-hydrogen) atoms. The van der Waals surface area contributed by atoms with E-state index in [2.05, 4.69) is 4.99 Å². The fourth-order valence-electron chi connectivity index (χ4n) is 2.11. The third-order valence-electron chi connectivity index (χ3n) is 2.97. The highest BCUT2D eigenvalue weighted by molar-refractivity contribution is 6.67. The van der Waals surface area contributed by atoms with Crippen LogP contribution in [0.1, 0.15) is 11.1 Å². The monoisotopic (exact) mass is 311 g/mol. The molecule has 0 aromatic heterocycles. The molecule has 2 rings (SSSR count). The molecule has 0 spiro atoms. The molecular formula is C16H13ClF3N. The predicted molar refractivity (Wildman–Crippen MR) is 80.4 cm³/mol. The van der Waals surface area contributed by atoms with Crippen LogP contribution in [0.25, 0.3) is 11.1 Å². The minimum Gasteiger partial charge on any atom is -0.231 e. The summed E-state index contributed by atoms with van der Waals surface area (Å²) < 4.78 is 37.9. The molecule has 5 heteroatoms. The van der Waals surface area contributed by atoms with Crippen LogP contribution in [0.4, 0.5) is 18.9 Å². The fraction of sp³-hybridized carbons (Fsp3) is 0.188. The van der Waals surface area contributed by atoms with E-state index in [0.717, 1.165) is 11.1 Å². The minimum absolute atomic E-state index is 0.245. The van der Waals surface area contributed by atoms with Gasteiger partial charge in [-0.1, -0.05) is 53.6 Å². The van der Waals surface area contributed by atoms with Gasteiger partial charge >= 0.3 is 6.18 Å². The minimum atomic E-state index is -4.65. The number of nitrogens with zero attached hydrogens (tertiary/aromatic N) is 1. The second-order valence-electron chi connectivity index (χ2n) is 4.74. The lowest BCUT2D eigenvalue weighted by atomic mass is 9.98. The van der Waals surface area contributed by atoms with Gasteiger partial charge in [0.2, 0.25) is 5.17 Å². The maximum absolute atomic E-state index is 12.6. The van der Waals surface area contributed by atoms with Gasteiger partial charge < -0.3 is 0 Å². The zero-order valence-electron chi connectivity index (χ0n) is 11.5. The summed E-state index contributed by atoms with van der Waals surface area (Å²) >= 11 is 5.29. The molecule has 1 nitrogen and oxygen atoms in total. The van der Waals surface area contributed by atoms with Crippen LogP contribution in [0.3, 0.4) is 0 Å². The van der Waals surface area contributed by atoms with Crippen molar-refractivity contribution in [3.63, 3.8) is 0 Å². The Balaban J connectivity index is 2.66. The molecule has 0 saturated carbocycles. The molecule has 0 radical (unpaired) electrons. The molecule has 0 fully saturated rings. The Bertz CT molecular complexity index is 676. The van der Waals surface area contributed by atoms with Gasteiger partial charge in [0.05, 0.1) is 5.69 Å². The first kappa shape index (κ1) is 15.6. The average Bonchev–Trinajstić information content (AvgIpc) is 2.41. The standard InChI is InChI=1S/C16H13ClF3N/c1-10-8-11(2)14(21-15(17)16(18,19)20)13(9-10)12-6-4-3-5-7-12/h3-9H,1-2H3. The molecule has 110 valence electrons. The van der Waals surface area contributed by atoms with Crippen molar-refractivity contribution in [1.29, 1.82) is 0 Å². The van der Waals surface area contributed by atoms with Crippen molar-refractivity contribution < 1.29 is 13.2 Å². The number of halogens is 4. The molecule has 0 aliphatic carbocycles. The maximum atomic E-state index is 12.6. The number of hydrogen-bond acceptors (Lipinski definition) is 1. The molecule has 0 amide bonds. The van der Waals surface area contributed by atoms with E-state index in [4.69, 9.17) is 11.6 Å². The fourth-order valence-corrected chi connectivity index (χ4v) is 2.19. The first-order valence-electron chi connectivity index (χ1n) is 6.27. The first-order chi connectivity index (χ1) is 9.79. The third-order valence-corrected chi connectivity index (χ3v) is 3.27. The second kappa shape index (κ2) is 5.90. The number of rotatable bonds is 2. The summed E-state index contributed by atoms with van der Waals surface area (Å²) in [5, 5.41) is -1.37. The van der Waals surface area contributed by atoms with Crippen molar-refractivity contribution in [3.05, 3.63) is 53.6 Å². The SMILES string of the molecule is Cc1cc(C)c(N=C(Cl)C(F)(F)F)c(-c2ccccc2)c1. The zero-order valence-corrected chi connectivity index (χ0v) is 12.3. The van der Waals surface area contributed by atoms with Crippen molar-refractivity contribution in [2.24, 2.45) is 4.99 Å². The van der Waals surface area contributed by atoms with Crippen molar-refractivity contribution in [3.8, 4) is 11.1 Å². The van der Waals surface area contributed by atoms with Gasteiger partial charge in [-0.15, -0.1) is 0 Å². The second-order valence-corrected chi connectivity index (χ2v) is 5.10. The van der Waals surface area contributed by atoms with E-state index in [-0.39, 0.29) is 5.69 Å². The highest BCUT2D eigenvalue weighted by atomic mass is 35.5. The molecule has 2 aromatic carbocycles. The van der Waals surface area contributed by atoms with Crippen LogP contribution in [-0.4, -0.2) is 11.3 Å². The van der Waals surface area contributed by atoms with E-state index >= 15 is 0 Å². The van der Waals surface area contributed by atoms with Crippen LogP contribution >= 0.6 is 11.6 Å². The molecule has 0 N–H and O–H groups in total. The molecule has 0 aliphatic rings. The molecule has 0 bridgehead atoms. The Kier molecular flexibility index (Phi) is 4.37. The van der Waals surface area contributed by atoms with Crippen molar-refractivity contribution in [2.45, 2.75) is 20.0 Å². The molecule has 0 saturated heterocycles. The number of aliphatic imine (C=N–C) groups is 1. The molecule has 0 atom stereocenters. The van der Waals surface area contributed by atoms with Gasteiger partial charge in [0.1, 0.15) is 0 Å². The highest BCUT2D eigenvalue weighted by Crippen LogP contribution is 2.36. The Morgan fingerprint density at radius 1 is 1.05 bits per heavy atom. The number of alkyl halides is 3. The molecule has 0 aliphatic heterocycles. The van der Waals surface area contributed by atoms with Crippen LogP contribution in [0.15, 0.2) is 47.5 Å². The Morgan fingerprint density at radius 3 is 2.24 bits per heavy atom. The highest BCUT2D eigenvalue weighted by Gasteiger charge is 2.34. The van der Waals surface area contributed by atoms with Gasteiger partial charge in [-0.2, -0.15) is 13.2 Å². The van der Waals surface area contributed by atoms with E-state index < -0.39 is 11.3 Å². The largest absolute Gasteiger partial charge is 0.444 e. The van der Waals surface area contributed by atoms with Crippen molar-refractivity contribution in [1.82, 2.24) is 0 Å². The van der Waals surface area contributed by atoms with E-state index in [1.54, 1.807) is 13.0 Å². The summed E-state index contributed by atoms with van der Waals surface area (Å²) in [6.07, 6.45) is -4.65. The Hall–Kier alpha value is -1.81. The Labute approximate surface area is 126 Å². The third kappa shape index (κ3) is 3.64. The van der Waals surface area contributed by atoms with Crippen LogP contribution in [0.2, 0.25) is 0 Å². The summed E-state index contributed by atoms with van der Waals surface area (Å²) in [4.78, 5) is 3.60. The molecular weight excluding hydrogens is 299 g/mol. The van der Waals surface area contributed by atoms with Gasteiger partial charge in [0.25, 0.3) is 0 Å². The van der Waals surface area contributed by atoms with Gasteiger partial charge in [-0.25, -0.2) is 4.99 Å². The van der Waals surface area contributed by atoms with E-state index in [1.165, 1.54) is 0 Å². The van der Waals surface area contributed by atoms with Crippen molar-refractivity contribution >= 4 is 22.5 Å². The number of benzene rings is 2. The lowest BCUT2D eigenvalue weighted by Crippen LogP contribution is -2.16. The molecule has 2 aromatic rings. The summed E-state index contributed by atoms with van der Waals surface area (Å²) in [7, 11) is 0. The summed E-state index contributed by atoms with van der Waals surface area (Å²) in [6.45, 7) is 3.61. The maximum Gasteiger partial charge on any atom is 0.444 e. The number of aryl methyl sites for hydroxylation is 2. The van der Waals surface area contributed by atoms with Crippen LogP contribution in [-0.2, 0) is 0 Å². The van der Waals surface area contributed by atoms with E-state index in [9.17, 15) is 13.2 Å².